The Morgan fingerprint density at radius 3 is 2.06 bits per heavy atom. The highest BCUT2D eigenvalue weighted by molar-refractivity contribution is 5.86. The van der Waals surface area contributed by atoms with E-state index in [1.54, 1.807) is 0 Å². The van der Waals surface area contributed by atoms with Crippen molar-refractivity contribution in [2.24, 2.45) is 11.7 Å². The molecule has 1 unspecified atom stereocenters. The molecule has 0 aromatic rings. The van der Waals surface area contributed by atoms with Crippen molar-refractivity contribution in [3.8, 4) is 0 Å². The van der Waals surface area contributed by atoms with Gasteiger partial charge in [-0.2, -0.15) is 0 Å². The zero-order chi connectivity index (χ0) is 12.9. The number of unbranched alkanes of at least 4 members (excludes halogenated alkanes) is 2. The summed E-state index contributed by atoms with van der Waals surface area (Å²) in [6.07, 6.45) is 6.65. The third-order valence-corrected chi connectivity index (χ3v) is 3.74. The third-order valence-electron chi connectivity index (χ3n) is 3.74. The van der Waals surface area contributed by atoms with Crippen LogP contribution in [0.2, 0.25) is 0 Å². The average Bonchev–Trinajstić information content (AvgIpc) is 3.12. The van der Waals surface area contributed by atoms with E-state index in [1.807, 2.05) is 11.8 Å². The molecule has 3 nitrogen and oxygen atoms in total. The Morgan fingerprint density at radius 1 is 1.24 bits per heavy atom. The minimum atomic E-state index is -0.624. The third kappa shape index (κ3) is 3.98. The molecule has 1 amide bonds. The number of rotatable bonds is 8. The Kier molecular flexibility index (Phi) is 5.44. The molecule has 1 aliphatic carbocycles. The SMILES string of the molecule is CCCCN(CCCC)C(=O)C(C)(N)C1CC1. The molecular formula is C14H28N2O. The van der Waals surface area contributed by atoms with Crippen LogP contribution in [0, 0.1) is 5.92 Å². The van der Waals surface area contributed by atoms with E-state index in [0.29, 0.717) is 5.92 Å². The van der Waals surface area contributed by atoms with Crippen LogP contribution < -0.4 is 5.73 Å². The van der Waals surface area contributed by atoms with Crippen LogP contribution in [0.1, 0.15) is 59.3 Å². The van der Waals surface area contributed by atoms with E-state index in [-0.39, 0.29) is 5.91 Å². The largest absolute Gasteiger partial charge is 0.341 e. The van der Waals surface area contributed by atoms with Gasteiger partial charge in [-0.3, -0.25) is 4.79 Å². The van der Waals surface area contributed by atoms with Crippen LogP contribution in [0.25, 0.3) is 0 Å². The van der Waals surface area contributed by atoms with Crippen molar-refractivity contribution >= 4 is 5.91 Å². The van der Waals surface area contributed by atoms with Gasteiger partial charge in [-0.25, -0.2) is 0 Å². The molecule has 1 saturated carbocycles. The van der Waals surface area contributed by atoms with Gasteiger partial charge in [-0.15, -0.1) is 0 Å². The lowest BCUT2D eigenvalue weighted by Gasteiger charge is -2.32. The second-order valence-corrected chi connectivity index (χ2v) is 5.56. The summed E-state index contributed by atoms with van der Waals surface area (Å²) in [5, 5.41) is 0. The second-order valence-electron chi connectivity index (χ2n) is 5.56. The maximum Gasteiger partial charge on any atom is 0.242 e. The van der Waals surface area contributed by atoms with E-state index in [9.17, 15) is 4.79 Å². The van der Waals surface area contributed by atoms with Crippen molar-refractivity contribution in [3.05, 3.63) is 0 Å². The zero-order valence-corrected chi connectivity index (χ0v) is 11.7. The first kappa shape index (κ1) is 14.5. The minimum Gasteiger partial charge on any atom is -0.341 e. The van der Waals surface area contributed by atoms with Crippen molar-refractivity contribution < 1.29 is 4.79 Å². The summed E-state index contributed by atoms with van der Waals surface area (Å²) in [7, 11) is 0. The van der Waals surface area contributed by atoms with Crippen molar-refractivity contribution in [1.82, 2.24) is 4.90 Å². The summed E-state index contributed by atoms with van der Waals surface area (Å²) >= 11 is 0. The maximum absolute atomic E-state index is 12.5. The number of carbonyl (C=O) groups excluding carboxylic acids is 1. The number of nitrogens with two attached hydrogens (primary N) is 1. The predicted octanol–water partition coefficient (Wildman–Crippen LogP) is 2.54. The Bertz CT molecular complexity index is 239. The van der Waals surface area contributed by atoms with Gasteiger partial charge in [0.25, 0.3) is 0 Å². The van der Waals surface area contributed by atoms with Crippen LogP contribution in [0.5, 0.6) is 0 Å². The number of hydrogen-bond acceptors (Lipinski definition) is 2. The van der Waals surface area contributed by atoms with Crippen molar-refractivity contribution in [2.45, 2.75) is 64.8 Å². The van der Waals surface area contributed by atoms with E-state index in [4.69, 9.17) is 5.73 Å². The Balaban J connectivity index is 2.56. The number of hydrogen-bond donors (Lipinski definition) is 1. The Labute approximate surface area is 106 Å². The molecule has 2 N–H and O–H groups in total. The van der Waals surface area contributed by atoms with Crippen LogP contribution in [0.15, 0.2) is 0 Å². The standard InChI is InChI=1S/C14H28N2O/c1-4-6-10-16(11-7-5-2)13(17)14(3,15)12-8-9-12/h12H,4-11,15H2,1-3H3. The summed E-state index contributed by atoms with van der Waals surface area (Å²) in [5.41, 5.74) is 5.60. The van der Waals surface area contributed by atoms with Gasteiger partial charge in [0.05, 0.1) is 5.54 Å². The minimum absolute atomic E-state index is 0.168. The molecule has 0 saturated heterocycles. The van der Waals surface area contributed by atoms with Gasteiger partial charge in [0.2, 0.25) is 5.91 Å². The molecular weight excluding hydrogens is 212 g/mol. The normalized spacial score (nSPS) is 18.8. The van der Waals surface area contributed by atoms with Gasteiger partial charge in [0.1, 0.15) is 0 Å². The lowest BCUT2D eigenvalue weighted by molar-refractivity contribution is -0.137. The van der Waals surface area contributed by atoms with Crippen molar-refractivity contribution in [2.75, 3.05) is 13.1 Å². The molecule has 1 aliphatic rings. The van der Waals surface area contributed by atoms with Gasteiger partial charge in [0.15, 0.2) is 0 Å². The van der Waals surface area contributed by atoms with Gasteiger partial charge < -0.3 is 10.6 Å². The summed E-state index contributed by atoms with van der Waals surface area (Å²) in [6.45, 7) is 7.97. The van der Waals surface area contributed by atoms with Crippen molar-refractivity contribution in [3.63, 3.8) is 0 Å². The molecule has 0 aromatic heterocycles. The van der Waals surface area contributed by atoms with Crippen LogP contribution in [-0.2, 0) is 4.79 Å². The fourth-order valence-corrected chi connectivity index (χ4v) is 2.21. The summed E-state index contributed by atoms with van der Waals surface area (Å²) in [4.78, 5) is 14.5. The maximum atomic E-state index is 12.5. The molecule has 0 aliphatic heterocycles. The monoisotopic (exact) mass is 240 g/mol. The van der Waals surface area contributed by atoms with Gasteiger partial charge >= 0.3 is 0 Å². The van der Waals surface area contributed by atoms with E-state index in [2.05, 4.69) is 13.8 Å². The van der Waals surface area contributed by atoms with Gasteiger partial charge in [0, 0.05) is 13.1 Å². The molecule has 17 heavy (non-hydrogen) atoms. The number of nitrogens with zero attached hydrogens (tertiary/aromatic N) is 1. The molecule has 0 aromatic carbocycles. The van der Waals surface area contributed by atoms with Crippen molar-refractivity contribution in [1.29, 1.82) is 0 Å². The van der Waals surface area contributed by atoms with Crippen LogP contribution in [-0.4, -0.2) is 29.4 Å². The van der Waals surface area contributed by atoms with Crippen LogP contribution in [0.4, 0.5) is 0 Å². The molecule has 1 atom stereocenters. The Morgan fingerprint density at radius 2 is 1.71 bits per heavy atom. The predicted molar refractivity (Wildman–Crippen MR) is 71.7 cm³/mol. The average molecular weight is 240 g/mol. The first-order valence-electron chi connectivity index (χ1n) is 7.12. The number of amides is 1. The van der Waals surface area contributed by atoms with E-state index in [0.717, 1.165) is 51.6 Å². The molecule has 0 spiro atoms. The summed E-state index contributed by atoms with van der Waals surface area (Å²) < 4.78 is 0. The zero-order valence-electron chi connectivity index (χ0n) is 11.7. The quantitative estimate of drug-likeness (QED) is 0.708. The second kappa shape index (κ2) is 6.39. The van der Waals surface area contributed by atoms with Crippen LogP contribution in [0.3, 0.4) is 0 Å². The molecule has 1 rings (SSSR count). The highest BCUT2D eigenvalue weighted by Gasteiger charge is 2.45. The Hall–Kier alpha value is -0.570. The van der Waals surface area contributed by atoms with Gasteiger partial charge in [-0.05, 0) is 38.5 Å². The van der Waals surface area contributed by atoms with E-state index < -0.39 is 5.54 Å². The fourth-order valence-electron chi connectivity index (χ4n) is 2.21. The first-order valence-corrected chi connectivity index (χ1v) is 7.12. The molecule has 100 valence electrons. The summed E-state index contributed by atoms with van der Waals surface area (Å²) in [5.74, 6) is 0.586. The van der Waals surface area contributed by atoms with E-state index >= 15 is 0 Å². The smallest absolute Gasteiger partial charge is 0.242 e. The molecule has 0 bridgehead atoms. The topological polar surface area (TPSA) is 46.3 Å². The highest BCUT2D eigenvalue weighted by Crippen LogP contribution is 2.39. The van der Waals surface area contributed by atoms with Crippen LogP contribution >= 0.6 is 0 Å². The first-order chi connectivity index (χ1) is 8.04. The molecule has 0 radical (unpaired) electrons. The lowest BCUT2D eigenvalue weighted by Crippen LogP contribution is -2.55. The van der Waals surface area contributed by atoms with Gasteiger partial charge in [-0.1, -0.05) is 26.7 Å². The molecule has 3 heteroatoms. The lowest BCUT2D eigenvalue weighted by atomic mass is 9.95. The van der Waals surface area contributed by atoms with E-state index in [1.165, 1.54) is 0 Å². The highest BCUT2D eigenvalue weighted by atomic mass is 16.2. The number of carbonyl (C=O) groups is 1. The molecule has 0 heterocycles. The summed E-state index contributed by atoms with van der Waals surface area (Å²) in [6, 6.07) is 0. The fraction of sp³-hybridized carbons (Fsp3) is 0.929. The molecule has 1 fully saturated rings.